The van der Waals surface area contributed by atoms with E-state index < -0.39 is 0 Å². The van der Waals surface area contributed by atoms with E-state index in [0.29, 0.717) is 10.0 Å². The molecule has 4 heteroatoms. The van der Waals surface area contributed by atoms with Crippen molar-refractivity contribution in [1.82, 2.24) is 0 Å². The van der Waals surface area contributed by atoms with Gasteiger partial charge in [0.25, 0.3) is 0 Å². The number of nitrogens with two attached hydrogens (primary N) is 1. The maximum atomic E-state index is 5.94. The maximum absolute atomic E-state index is 5.94. The highest BCUT2D eigenvalue weighted by Crippen LogP contribution is 2.30. The molecule has 0 saturated heterocycles. The highest BCUT2D eigenvalue weighted by Gasteiger charge is 2.11. The summed E-state index contributed by atoms with van der Waals surface area (Å²) < 4.78 is 0. The largest absolute Gasteiger partial charge is 0.324 e. The Balaban J connectivity index is 0.00000144. The first kappa shape index (κ1) is 13.1. The quantitative estimate of drug-likeness (QED) is 0.835. The molecule has 0 radical (unpaired) electrons. The van der Waals surface area contributed by atoms with Gasteiger partial charge in [0.2, 0.25) is 0 Å². The zero-order valence-electron chi connectivity index (χ0n) is 7.26. The van der Waals surface area contributed by atoms with Gasteiger partial charge in [-0.1, -0.05) is 36.2 Å². The van der Waals surface area contributed by atoms with Crippen LogP contribution in [0.3, 0.4) is 0 Å². The van der Waals surface area contributed by atoms with Crippen molar-refractivity contribution in [3.8, 4) is 0 Å². The Labute approximate surface area is 94.6 Å². The van der Waals surface area contributed by atoms with Crippen LogP contribution >= 0.6 is 35.6 Å². The molecule has 1 rings (SSSR count). The molecule has 0 aliphatic carbocycles. The second kappa shape index (κ2) is 5.71. The predicted molar refractivity (Wildman–Crippen MR) is 60.9 cm³/mol. The van der Waals surface area contributed by atoms with Gasteiger partial charge in [0.1, 0.15) is 0 Å². The van der Waals surface area contributed by atoms with E-state index in [-0.39, 0.29) is 18.4 Å². The predicted octanol–water partition coefficient (Wildman–Crippen LogP) is 3.83. The molecule has 13 heavy (non-hydrogen) atoms. The van der Waals surface area contributed by atoms with Gasteiger partial charge in [0.05, 0.1) is 0 Å². The van der Waals surface area contributed by atoms with Crippen LogP contribution in [0, 0.1) is 0 Å². The van der Waals surface area contributed by atoms with E-state index in [0.717, 1.165) is 12.0 Å². The number of hydrogen-bond acceptors (Lipinski definition) is 1. The summed E-state index contributed by atoms with van der Waals surface area (Å²) in [5.41, 5.74) is 6.68. The average Bonchev–Trinajstić information content (AvgIpc) is 2.03. The van der Waals surface area contributed by atoms with Crippen molar-refractivity contribution in [1.29, 1.82) is 0 Å². The summed E-state index contributed by atoms with van der Waals surface area (Å²) in [5, 5.41) is 1.30. The molecule has 0 fully saturated rings. The molecule has 1 aromatic carbocycles. The standard InChI is InChI=1S/C9H11Cl2N.ClH/c1-2-8(12)9-6(10)4-3-5-7(9)11;/h3-5,8H,2,12H2,1H3;1H. The molecule has 1 atom stereocenters. The van der Waals surface area contributed by atoms with E-state index in [1.165, 1.54) is 0 Å². The third kappa shape index (κ3) is 3.03. The molecule has 1 nitrogen and oxygen atoms in total. The number of hydrogen-bond donors (Lipinski definition) is 1. The number of halogens is 3. The Morgan fingerprint density at radius 3 is 2.15 bits per heavy atom. The van der Waals surface area contributed by atoms with Gasteiger partial charge in [0, 0.05) is 21.7 Å². The third-order valence-electron chi connectivity index (χ3n) is 1.81. The van der Waals surface area contributed by atoms with Crippen molar-refractivity contribution in [3.05, 3.63) is 33.8 Å². The lowest BCUT2D eigenvalue weighted by Crippen LogP contribution is -2.09. The lowest BCUT2D eigenvalue weighted by Gasteiger charge is -2.12. The van der Waals surface area contributed by atoms with Crippen LogP contribution in [0.25, 0.3) is 0 Å². The maximum Gasteiger partial charge on any atom is 0.0468 e. The van der Waals surface area contributed by atoms with Gasteiger partial charge in [-0.05, 0) is 18.6 Å². The van der Waals surface area contributed by atoms with E-state index in [1.54, 1.807) is 12.1 Å². The van der Waals surface area contributed by atoms with Crippen LogP contribution in [0.15, 0.2) is 18.2 Å². The normalized spacial score (nSPS) is 12.0. The minimum atomic E-state index is -0.0637. The summed E-state index contributed by atoms with van der Waals surface area (Å²) in [6.45, 7) is 2.00. The Hall–Kier alpha value is 0.0500. The van der Waals surface area contributed by atoms with Crippen molar-refractivity contribution in [2.24, 2.45) is 5.73 Å². The molecule has 0 spiro atoms. The molecule has 0 heterocycles. The number of rotatable bonds is 2. The van der Waals surface area contributed by atoms with Crippen LogP contribution in [0.5, 0.6) is 0 Å². The van der Waals surface area contributed by atoms with Gasteiger partial charge in [-0.3, -0.25) is 0 Å². The van der Waals surface area contributed by atoms with Crippen molar-refractivity contribution < 1.29 is 0 Å². The number of benzene rings is 1. The molecule has 0 amide bonds. The zero-order valence-corrected chi connectivity index (χ0v) is 9.59. The fourth-order valence-corrected chi connectivity index (χ4v) is 1.75. The van der Waals surface area contributed by atoms with Crippen LogP contribution < -0.4 is 5.73 Å². The highest BCUT2D eigenvalue weighted by atomic mass is 35.5. The first-order valence-corrected chi connectivity index (χ1v) is 4.62. The minimum absolute atomic E-state index is 0. The lowest BCUT2D eigenvalue weighted by molar-refractivity contribution is 0.699. The van der Waals surface area contributed by atoms with E-state index >= 15 is 0 Å². The minimum Gasteiger partial charge on any atom is -0.324 e. The van der Waals surface area contributed by atoms with Crippen LogP contribution in [0.2, 0.25) is 10.0 Å². The molecular weight excluding hydrogens is 228 g/mol. The van der Waals surface area contributed by atoms with E-state index in [1.807, 2.05) is 13.0 Å². The van der Waals surface area contributed by atoms with Crippen molar-refractivity contribution >= 4 is 35.6 Å². The molecule has 0 aliphatic rings. The summed E-state index contributed by atoms with van der Waals surface area (Å²) >= 11 is 11.9. The van der Waals surface area contributed by atoms with Gasteiger partial charge < -0.3 is 5.73 Å². The first-order valence-electron chi connectivity index (χ1n) is 3.86. The summed E-state index contributed by atoms with van der Waals surface area (Å²) in [6, 6.07) is 5.36. The smallest absolute Gasteiger partial charge is 0.0468 e. The van der Waals surface area contributed by atoms with Crippen LogP contribution in [-0.2, 0) is 0 Å². The molecule has 74 valence electrons. The van der Waals surface area contributed by atoms with Gasteiger partial charge in [-0.25, -0.2) is 0 Å². The third-order valence-corrected chi connectivity index (χ3v) is 2.47. The van der Waals surface area contributed by atoms with E-state index in [2.05, 4.69) is 0 Å². The van der Waals surface area contributed by atoms with Crippen molar-refractivity contribution in [2.75, 3.05) is 0 Å². The lowest BCUT2D eigenvalue weighted by atomic mass is 10.1. The summed E-state index contributed by atoms with van der Waals surface area (Å²) in [5.74, 6) is 0. The van der Waals surface area contributed by atoms with E-state index in [9.17, 15) is 0 Å². The summed E-state index contributed by atoms with van der Waals surface area (Å²) in [7, 11) is 0. The van der Waals surface area contributed by atoms with Crippen molar-refractivity contribution in [3.63, 3.8) is 0 Å². The fraction of sp³-hybridized carbons (Fsp3) is 0.333. The molecule has 1 unspecified atom stereocenters. The van der Waals surface area contributed by atoms with Gasteiger partial charge in [-0.15, -0.1) is 12.4 Å². The fourth-order valence-electron chi connectivity index (χ4n) is 1.07. The van der Waals surface area contributed by atoms with E-state index in [4.69, 9.17) is 28.9 Å². The Bertz CT molecular complexity index is 255. The Kier molecular flexibility index (Phi) is 5.73. The molecule has 2 N–H and O–H groups in total. The molecule has 1 aromatic rings. The Morgan fingerprint density at radius 1 is 1.31 bits per heavy atom. The van der Waals surface area contributed by atoms with Crippen LogP contribution in [-0.4, -0.2) is 0 Å². The van der Waals surface area contributed by atoms with Gasteiger partial charge in [-0.2, -0.15) is 0 Å². The molecule has 0 aliphatic heterocycles. The average molecular weight is 241 g/mol. The molecule has 0 aromatic heterocycles. The van der Waals surface area contributed by atoms with Crippen LogP contribution in [0.1, 0.15) is 24.9 Å². The summed E-state index contributed by atoms with van der Waals surface area (Å²) in [6.07, 6.45) is 0.837. The van der Waals surface area contributed by atoms with Gasteiger partial charge in [0.15, 0.2) is 0 Å². The second-order valence-corrected chi connectivity index (χ2v) is 3.46. The summed E-state index contributed by atoms with van der Waals surface area (Å²) in [4.78, 5) is 0. The SMILES string of the molecule is CCC(N)c1c(Cl)cccc1Cl.Cl. The molecule has 0 bridgehead atoms. The van der Waals surface area contributed by atoms with Crippen LogP contribution in [0.4, 0.5) is 0 Å². The monoisotopic (exact) mass is 239 g/mol. The second-order valence-electron chi connectivity index (χ2n) is 2.65. The topological polar surface area (TPSA) is 26.0 Å². The zero-order chi connectivity index (χ0) is 9.14. The van der Waals surface area contributed by atoms with Crippen molar-refractivity contribution in [2.45, 2.75) is 19.4 Å². The molecule has 0 saturated carbocycles. The highest BCUT2D eigenvalue weighted by molar-refractivity contribution is 6.36. The molecular formula is C9H12Cl3N. The van der Waals surface area contributed by atoms with Gasteiger partial charge >= 0.3 is 0 Å². The first-order chi connectivity index (χ1) is 5.66. The Morgan fingerprint density at radius 2 is 1.77 bits per heavy atom.